The summed E-state index contributed by atoms with van der Waals surface area (Å²) in [6.45, 7) is 12.8. The molecular weight excluding hydrogens is 906 g/mol. The number of aliphatic hydroxyl groups is 1. The number of epoxide rings is 1. The Morgan fingerprint density at radius 2 is 1.89 bits per heavy atom. The second kappa shape index (κ2) is 22.5. The lowest BCUT2D eigenvalue weighted by Gasteiger charge is -2.43. The van der Waals surface area contributed by atoms with E-state index in [1.165, 1.54) is 40.7 Å². The maximum Gasteiger partial charge on any atom is 0.409 e. The van der Waals surface area contributed by atoms with Crippen molar-refractivity contribution in [2.24, 2.45) is 11.8 Å². The Morgan fingerprint density at radius 1 is 1.20 bits per heavy atom. The summed E-state index contributed by atoms with van der Waals surface area (Å²) in [6.07, 6.45) is 2.71. The number of hydrogen-bond donors (Lipinski definition) is 5. The highest BCUT2D eigenvalue weighted by molar-refractivity contribution is 8.77. The number of carboxylic acid groups (broad SMARTS) is 1. The summed E-state index contributed by atoms with van der Waals surface area (Å²) in [5.74, 6) is 2.52. The van der Waals surface area contributed by atoms with Gasteiger partial charge in [0.15, 0.2) is 5.72 Å². The van der Waals surface area contributed by atoms with Crippen LogP contribution in [0.1, 0.15) is 79.7 Å². The number of hydrogen-bond acceptors (Lipinski definition) is 15. The molecule has 0 aliphatic carbocycles. The average Bonchev–Trinajstić information content (AvgIpc) is 3.82. The number of carbonyl (C=O) groups is 5. The van der Waals surface area contributed by atoms with Gasteiger partial charge in [0, 0.05) is 50.5 Å². The quantitative estimate of drug-likeness (QED) is 0.0802. The fourth-order valence-electron chi connectivity index (χ4n) is 8.01. The Kier molecular flexibility index (Phi) is 18.7. The molecule has 3 heterocycles. The number of amides is 4. The second-order valence-corrected chi connectivity index (χ2v) is 21.3. The first-order valence-corrected chi connectivity index (χ1v) is 24.0. The lowest BCUT2D eigenvalue weighted by molar-refractivity contribution is -0.145. The van der Waals surface area contributed by atoms with E-state index in [0.29, 0.717) is 24.3 Å². The molecule has 65 heavy (non-hydrogen) atoms. The highest BCUT2D eigenvalue weighted by Gasteiger charge is 2.72. The van der Waals surface area contributed by atoms with Gasteiger partial charge in [0.25, 0.3) is 0 Å². The zero-order chi connectivity index (χ0) is 48.7. The van der Waals surface area contributed by atoms with Gasteiger partial charge >= 0.3 is 12.1 Å². The molecule has 18 nitrogen and oxygen atoms in total. The summed E-state index contributed by atoms with van der Waals surface area (Å²) >= 11 is 6.85. The molecule has 0 radical (unpaired) electrons. The molecule has 3 aliphatic rings. The molecule has 2 saturated heterocycles. The van der Waals surface area contributed by atoms with Crippen molar-refractivity contribution < 1.29 is 62.7 Å². The molecule has 1 aromatic rings. The van der Waals surface area contributed by atoms with Crippen molar-refractivity contribution in [2.45, 2.75) is 133 Å². The number of nitrogens with two attached hydrogens (primary N) is 1. The van der Waals surface area contributed by atoms with Crippen LogP contribution < -0.4 is 26.2 Å². The Labute approximate surface area is 394 Å². The Balaban J connectivity index is 1.57. The first-order valence-electron chi connectivity index (χ1n) is 21.3. The van der Waals surface area contributed by atoms with E-state index in [0.717, 1.165) is 11.1 Å². The number of allylic oxidation sites excluding steroid dienone is 3. The van der Waals surface area contributed by atoms with Crippen LogP contribution in [-0.4, -0.2) is 144 Å². The molecule has 1 aromatic carbocycles. The molecule has 4 rings (SSSR count). The van der Waals surface area contributed by atoms with Crippen molar-refractivity contribution in [2.75, 3.05) is 52.2 Å². The lowest BCUT2D eigenvalue weighted by atomic mass is 9.76. The van der Waals surface area contributed by atoms with Crippen molar-refractivity contribution >= 4 is 68.7 Å². The smallest absolute Gasteiger partial charge is 0.409 e. The number of anilines is 1. The number of ether oxygens (including phenoxy) is 5. The molecule has 6 N–H and O–H groups in total. The first kappa shape index (κ1) is 54.0. The van der Waals surface area contributed by atoms with Crippen molar-refractivity contribution in [3.63, 3.8) is 0 Å². The third kappa shape index (κ3) is 13.3. The predicted octanol–water partition coefficient (Wildman–Crippen LogP) is 4.78. The van der Waals surface area contributed by atoms with E-state index in [2.05, 4.69) is 15.5 Å². The number of rotatable bonds is 17. The number of likely N-dealkylation sites (N-methyl/N-ethyl adjacent to an activating group) is 1. The van der Waals surface area contributed by atoms with Crippen molar-refractivity contribution in [1.29, 1.82) is 0 Å². The number of benzene rings is 1. The van der Waals surface area contributed by atoms with Gasteiger partial charge in [-0.1, -0.05) is 63.9 Å². The Bertz CT molecular complexity index is 1980. The maximum absolute atomic E-state index is 14.4. The van der Waals surface area contributed by atoms with Gasteiger partial charge in [-0.2, -0.15) is 0 Å². The van der Waals surface area contributed by atoms with Crippen LogP contribution in [0.3, 0.4) is 0 Å². The number of carboxylic acids is 1. The largest absolute Gasteiger partial charge is 0.495 e. The van der Waals surface area contributed by atoms with Crippen LogP contribution in [0, 0.1) is 5.92 Å². The highest BCUT2D eigenvalue weighted by Crippen LogP contribution is 2.58. The van der Waals surface area contributed by atoms with Crippen molar-refractivity contribution in [3.05, 3.63) is 46.5 Å². The molecule has 364 valence electrons. The topological polar surface area (TPSA) is 241 Å². The summed E-state index contributed by atoms with van der Waals surface area (Å²) in [5.41, 5.74) is -1.79. The number of carbonyl (C=O) groups excluding carboxylic acids is 4. The van der Waals surface area contributed by atoms with Crippen LogP contribution >= 0.6 is 33.2 Å². The molecule has 9 atom stereocenters. The van der Waals surface area contributed by atoms with Crippen LogP contribution in [0.2, 0.25) is 5.02 Å². The standard InChI is InChI=1S/C44H66ClN5O13S2/c1-25-13-12-14-33(59-11)44(57)21-32(62-40(56)48-44)27(3)42(6)43(7,63-42)34(20-37(53)50(9)30-18-28(17-25)19-31(58-10)38(30)45)60-22-26(2)49(8)36(52)15-16-41(4,5)65-64-24-29(39(54)55)47-35(51)23-61-46/h12-14,18-19,26-27,29,32-34,57H,15-17,20-24,46H2,1-11H3,(H,47,51)(H,48,56)(H,54,55)/b14-12+,25-13+. The van der Waals surface area contributed by atoms with Gasteiger partial charge < -0.3 is 49.0 Å². The number of fused-ring (bicyclic) bond motifs is 5. The fraction of sp³-hybridized carbons (Fsp3) is 0.659. The molecule has 3 aliphatic heterocycles. The zero-order valence-electron chi connectivity index (χ0n) is 39.1. The number of nitrogens with one attached hydrogen (secondary N) is 2. The van der Waals surface area contributed by atoms with Gasteiger partial charge in [0.2, 0.25) is 17.7 Å². The zero-order valence-corrected chi connectivity index (χ0v) is 41.4. The predicted molar refractivity (Wildman–Crippen MR) is 248 cm³/mol. The van der Waals surface area contributed by atoms with E-state index >= 15 is 0 Å². The van der Waals surface area contributed by atoms with E-state index in [-0.39, 0.29) is 48.5 Å². The van der Waals surface area contributed by atoms with Crippen LogP contribution in [-0.2, 0) is 49.4 Å². The summed E-state index contributed by atoms with van der Waals surface area (Å²) < 4.78 is 29.9. The molecule has 9 unspecified atom stereocenters. The normalized spacial score (nSPS) is 29.5. The van der Waals surface area contributed by atoms with Crippen LogP contribution in [0.25, 0.3) is 0 Å². The monoisotopic (exact) mass is 971 g/mol. The summed E-state index contributed by atoms with van der Waals surface area (Å²) in [6, 6.07) is 2.04. The van der Waals surface area contributed by atoms with Crippen molar-refractivity contribution in [1.82, 2.24) is 15.5 Å². The molecule has 0 spiro atoms. The van der Waals surface area contributed by atoms with Gasteiger partial charge in [-0.15, -0.1) is 0 Å². The van der Waals surface area contributed by atoms with E-state index in [4.69, 9.17) is 41.2 Å². The van der Waals surface area contributed by atoms with Gasteiger partial charge in [0.1, 0.15) is 46.8 Å². The molecule has 2 fully saturated rings. The first-order chi connectivity index (χ1) is 30.3. The highest BCUT2D eigenvalue weighted by atomic mass is 35.5. The minimum absolute atomic E-state index is 0.0262. The fourth-order valence-corrected chi connectivity index (χ4v) is 11.1. The van der Waals surface area contributed by atoms with Crippen LogP contribution in [0.4, 0.5) is 10.5 Å². The van der Waals surface area contributed by atoms with Gasteiger partial charge in [0.05, 0.1) is 38.0 Å². The third-order valence-corrected chi connectivity index (χ3v) is 16.4. The maximum atomic E-state index is 14.4. The van der Waals surface area contributed by atoms with E-state index in [9.17, 15) is 34.2 Å². The van der Waals surface area contributed by atoms with Gasteiger partial charge in [-0.3, -0.25) is 24.5 Å². The summed E-state index contributed by atoms with van der Waals surface area (Å²) in [7, 11) is 8.93. The Hall–Kier alpha value is -3.60. The lowest BCUT2D eigenvalue weighted by Crippen LogP contribution is -2.64. The molecule has 4 amide bonds. The SMILES string of the molecule is COc1cc2cc(c1Cl)N(C)C(=O)CC(OCC(C)N(C)C(=O)CCC(C)(C)SSCC(NC(=O)CON)C(=O)O)C1(C)OC1(C)C(C)C1CC(O)(NC(=O)O1)C(OC)/C=C/C=C(\C)C2. The number of nitrogens with zero attached hydrogens (tertiary/aromatic N) is 2. The minimum Gasteiger partial charge on any atom is -0.495 e. The molecule has 4 bridgehead atoms. The molecule has 0 aromatic heterocycles. The number of methoxy groups -OCH3 is 2. The molecule has 21 heteroatoms. The van der Waals surface area contributed by atoms with Crippen LogP contribution in [0.15, 0.2) is 35.9 Å². The van der Waals surface area contributed by atoms with Crippen LogP contribution in [0.5, 0.6) is 5.75 Å². The molecular formula is C44H66ClN5O13S2. The summed E-state index contributed by atoms with van der Waals surface area (Å²) in [4.78, 5) is 71.9. The minimum atomic E-state index is -1.83. The summed E-state index contributed by atoms with van der Waals surface area (Å²) in [5, 5.41) is 26.6. The van der Waals surface area contributed by atoms with E-state index in [1.807, 2.05) is 66.7 Å². The Morgan fingerprint density at radius 3 is 2.52 bits per heavy atom. The van der Waals surface area contributed by atoms with E-state index in [1.54, 1.807) is 31.1 Å². The average molecular weight is 973 g/mol. The molecule has 0 saturated carbocycles. The number of aliphatic carboxylic acids is 1. The number of halogens is 1. The second-order valence-electron chi connectivity index (χ2n) is 17.9. The van der Waals surface area contributed by atoms with Gasteiger partial charge in [-0.05, 0) is 72.1 Å². The third-order valence-electron chi connectivity index (χ3n) is 12.7. The van der Waals surface area contributed by atoms with E-state index < -0.39 is 82.6 Å². The number of alkyl carbamates (subject to hydrolysis) is 1. The van der Waals surface area contributed by atoms with Gasteiger partial charge in [-0.25, -0.2) is 15.5 Å². The van der Waals surface area contributed by atoms with Crippen molar-refractivity contribution in [3.8, 4) is 5.75 Å².